The van der Waals surface area contributed by atoms with Crippen LogP contribution >= 0.6 is 23.2 Å². The summed E-state index contributed by atoms with van der Waals surface area (Å²) in [5.74, 6) is 1.03. The first-order valence-electron chi connectivity index (χ1n) is 9.10. The Labute approximate surface area is 174 Å². The van der Waals surface area contributed by atoms with Crippen molar-refractivity contribution in [2.75, 3.05) is 33.5 Å². The van der Waals surface area contributed by atoms with E-state index in [1.807, 2.05) is 18.2 Å². The zero-order valence-electron chi connectivity index (χ0n) is 15.7. The average Bonchev–Trinajstić information content (AvgIpc) is 2.72. The number of methoxy groups -OCH3 is 1. The number of hydrogen-bond donors (Lipinski definition) is 1. The molecule has 0 radical (unpaired) electrons. The molecule has 2 aromatic rings. The molecular formula is C21H23Cl2NO4. The fourth-order valence-electron chi connectivity index (χ4n) is 3.44. The zero-order valence-corrected chi connectivity index (χ0v) is 17.2. The van der Waals surface area contributed by atoms with Gasteiger partial charge in [-0.25, -0.2) is 0 Å². The molecule has 0 atom stereocenters. The molecule has 0 bridgehead atoms. The van der Waals surface area contributed by atoms with Crippen LogP contribution in [0, 0.1) is 0 Å². The van der Waals surface area contributed by atoms with Gasteiger partial charge >= 0.3 is 0 Å². The summed E-state index contributed by atoms with van der Waals surface area (Å²) >= 11 is 12.0. The summed E-state index contributed by atoms with van der Waals surface area (Å²) in [6.45, 7) is 1.64. The van der Waals surface area contributed by atoms with Crippen molar-refractivity contribution in [1.29, 1.82) is 0 Å². The van der Waals surface area contributed by atoms with Gasteiger partial charge in [0, 0.05) is 35.8 Å². The number of nitrogens with one attached hydrogen (secondary N) is 1. The molecule has 2 aromatic carbocycles. The summed E-state index contributed by atoms with van der Waals surface area (Å²) in [6.07, 6.45) is 1.61. The first-order chi connectivity index (χ1) is 13.5. The fourth-order valence-corrected chi connectivity index (χ4v) is 3.90. The van der Waals surface area contributed by atoms with E-state index < -0.39 is 0 Å². The molecule has 1 amide bonds. The lowest BCUT2D eigenvalue weighted by atomic mass is 9.73. The van der Waals surface area contributed by atoms with E-state index in [4.69, 9.17) is 37.4 Å². The molecule has 0 unspecified atom stereocenters. The lowest BCUT2D eigenvalue weighted by Crippen LogP contribution is -2.45. The Bertz CT molecular complexity index is 822. The van der Waals surface area contributed by atoms with Crippen molar-refractivity contribution in [2.24, 2.45) is 0 Å². The Morgan fingerprint density at radius 2 is 1.89 bits per heavy atom. The second-order valence-corrected chi connectivity index (χ2v) is 7.58. The van der Waals surface area contributed by atoms with Gasteiger partial charge in [-0.3, -0.25) is 4.79 Å². The van der Waals surface area contributed by atoms with Crippen LogP contribution in [0.2, 0.25) is 10.0 Å². The quantitative estimate of drug-likeness (QED) is 0.722. The second-order valence-electron chi connectivity index (χ2n) is 6.73. The largest absolute Gasteiger partial charge is 0.496 e. The van der Waals surface area contributed by atoms with E-state index in [0.29, 0.717) is 35.6 Å². The van der Waals surface area contributed by atoms with Crippen LogP contribution in [0.15, 0.2) is 42.5 Å². The Balaban J connectivity index is 1.66. The maximum absolute atomic E-state index is 12.4. The van der Waals surface area contributed by atoms with Gasteiger partial charge in [-0.1, -0.05) is 41.4 Å². The molecule has 0 aromatic heterocycles. The Kier molecular flexibility index (Phi) is 7.05. The van der Waals surface area contributed by atoms with Crippen LogP contribution in [-0.2, 0) is 14.9 Å². The highest BCUT2D eigenvalue weighted by Gasteiger charge is 2.37. The normalized spacial score (nSPS) is 15.7. The van der Waals surface area contributed by atoms with Crippen molar-refractivity contribution in [3.63, 3.8) is 0 Å². The van der Waals surface area contributed by atoms with Crippen LogP contribution < -0.4 is 14.8 Å². The van der Waals surface area contributed by atoms with E-state index in [-0.39, 0.29) is 17.9 Å². The number of rotatable bonds is 7. The van der Waals surface area contributed by atoms with E-state index >= 15 is 0 Å². The minimum absolute atomic E-state index is 0.125. The van der Waals surface area contributed by atoms with Crippen molar-refractivity contribution in [3.8, 4) is 11.5 Å². The molecule has 1 aliphatic rings. The van der Waals surface area contributed by atoms with Crippen molar-refractivity contribution in [2.45, 2.75) is 18.3 Å². The Morgan fingerprint density at radius 1 is 1.14 bits per heavy atom. The van der Waals surface area contributed by atoms with Gasteiger partial charge in [0.05, 0.1) is 12.1 Å². The molecule has 1 aliphatic heterocycles. The molecule has 5 nitrogen and oxygen atoms in total. The van der Waals surface area contributed by atoms with Gasteiger partial charge < -0.3 is 19.5 Å². The second kappa shape index (κ2) is 9.50. The van der Waals surface area contributed by atoms with E-state index in [9.17, 15) is 4.79 Å². The molecule has 1 fully saturated rings. The third kappa shape index (κ3) is 4.90. The standard InChI is InChI=1S/C21H23Cl2NO4/c1-26-18-5-3-2-4-16(18)21(8-10-27-11-9-21)14-24-20(25)13-28-19-7-6-15(22)12-17(19)23/h2-7,12H,8-11,13-14H2,1H3,(H,24,25). The molecule has 150 valence electrons. The summed E-state index contributed by atoms with van der Waals surface area (Å²) in [4.78, 5) is 12.4. The van der Waals surface area contributed by atoms with Gasteiger partial charge in [-0.2, -0.15) is 0 Å². The highest BCUT2D eigenvalue weighted by molar-refractivity contribution is 6.35. The van der Waals surface area contributed by atoms with E-state index in [1.54, 1.807) is 25.3 Å². The molecule has 28 heavy (non-hydrogen) atoms. The van der Waals surface area contributed by atoms with E-state index in [0.717, 1.165) is 24.2 Å². The molecular weight excluding hydrogens is 401 g/mol. The lowest BCUT2D eigenvalue weighted by molar-refractivity contribution is -0.123. The summed E-state index contributed by atoms with van der Waals surface area (Å²) in [5.41, 5.74) is 0.848. The number of halogens is 2. The molecule has 1 N–H and O–H groups in total. The van der Waals surface area contributed by atoms with Crippen LogP contribution in [0.25, 0.3) is 0 Å². The summed E-state index contributed by atoms with van der Waals surface area (Å²) in [6, 6.07) is 12.8. The number of para-hydroxylation sites is 1. The molecule has 1 saturated heterocycles. The molecule has 3 rings (SSSR count). The van der Waals surface area contributed by atoms with Crippen LogP contribution in [0.5, 0.6) is 11.5 Å². The SMILES string of the molecule is COc1ccccc1C1(CNC(=O)COc2ccc(Cl)cc2Cl)CCOCC1. The molecule has 1 heterocycles. The first kappa shape index (κ1) is 20.8. The van der Waals surface area contributed by atoms with Gasteiger partial charge in [0.1, 0.15) is 11.5 Å². The van der Waals surface area contributed by atoms with Crippen molar-refractivity contribution in [3.05, 3.63) is 58.1 Å². The van der Waals surface area contributed by atoms with Gasteiger partial charge in [0.25, 0.3) is 5.91 Å². The summed E-state index contributed by atoms with van der Waals surface area (Å²) in [7, 11) is 1.66. The topological polar surface area (TPSA) is 56.8 Å². The first-order valence-corrected chi connectivity index (χ1v) is 9.85. The fraction of sp³-hybridized carbons (Fsp3) is 0.381. The van der Waals surface area contributed by atoms with Crippen LogP contribution in [-0.4, -0.2) is 39.4 Å². The molecule has 0 aliphatic carbocycles. The summed E-state index contributed by atoms with van der Waals surface area (Å²) < 4.78 is 16.6. The van der Waals surface area contributed by atoms with Crippen LogP contribution in [0.1, 0.15) is 18.4 Å². The van der Waals surface area contributed by atoms with E-state index in [2.05, 4.69) is 11.4 Å². The highest BCUT2D eigenvalue weighted by atomic mass is 35.5. The van der Waals surface area contributed by atoms with Crippen molar-refractivity contribution in [1.82, 2.24) is 5.32 Å². The zero-order chi connectivity index (χ0) is 20.0. The molecule has 7 heteroatoms. The maximum atomic E-state index is 12.4. The van der Waals surface area contributed by atoms with Gasteiger partial charge in [-0.05, 0) is 37.1 Å². The Morgan fingerprint density at radius 3 is 2.61 bits per heavy atom. The van der Waals surface area contributed by atoms with Gasteiger partial charge in [0.15, 0.2) is 6.61 Å². The third-order valence-corrected chi connectivity index (χ3v) is 5.54. The predicted molar refractivity (Wildman–Crippen MR) is 110 cm³/mol. The van der Waals surface area contributed by atoms with E-state index in [1.165, 1.54) is 0 Å². The molecule has 0 spiro atoms. The van der Waals surface area contributed by atoms with Gasteiger partial charge in [-0.15, -0.1) is 0 Å². The van der Waals surface area contributed by atoms with Crippen molar-refractivity contribution < 1.29 is 19.0 Å². The maximum Gasteiger partial charge on any atom is 0.257 e. The number of ether oxygens (including phenoxy) is 3. The highest BCUT2D eigenvalue weighted by Crippen LogP contribution is 2.39. The smallest absolute Gasteiger partial charge is 0.257 e. The number of amides is 1. The van der Waals surface area contributed by atoms with Crippen molar-refractivity contribution >= 4 is 29.1 Å². The number of carbonyl (C=O) groups is 1. The number of benzene rings is 2. The minimum atomic E-state index is -0.238. The summed E-state index contributed by atoms with van der Waals surface area (Å²) in [5, 5.41) is 3.88. The van der Waals surface area contributed by atoms with Crippen LogP contribution in [0.4, 0.5) is 0 Å². The third-order valence-electron chi connectivity index (χ3n) is 5.00. The molecule has 0 saturated carbocycles. The Hall–Kier alpha value is -1.95. The minimum Gasteiger partial charge on any atom is -0.496 e. The van der Waals surface area contributed by atoms with Crippen LogP contribution in [0.3, 0.4) is 0 Å². The predicted octanol–water partition coefficient (Wildman–Crippen LogP) is 4.25. The average molecular weight is 424 g/mol. The number of hydrogen-bond acceptors (Lipinski definition) is 4. The van der Waals surface area contributed by atoms with Gasteiger partial charge in [0.2, 0.25) is 0 Å². The lowest BCUT2D eigenvalue weighted by Gasteiger charge is -2.38. The monoisotopic (exact) mass is 423 g/mol. The number of carbonyl (C=O) groups excluding carboxylic acids is 1.